The van der Waals surface area contributed by atoms with Gasteiger partial charge in [0.2, 0.25) is 5.91 Å². The van der Waals surface area contributed by atoms with Crippen LogP contribution < -0.4 is 14.5 Å². The van der Waals surface area contributed by atoms with Crippen LogP contribution in [0, 0.1) is 5.82 Å². The molecule has 154 valence electrons. The Bertz CT molecular complexity index is 956. The molecule has 0 radical (unpaired) electrons. The summed E-state index contributed by atoms with van der Waals surface area (Å²) in [5.74, 6) is 0.389. The highest BCUT2D eigenvalue weighted by Crippen LogP contribution is 2.30. The van der Waals surface area contributed by atoms with Crippen LogP contribution in [0.5, 0.6) is 5.75 Å². The first-order valence-electron chi connectivity index (χ1n) is 9.84. The van der Waals surface area contributed by atoms with Gasteiger partial charge in [0.15, 0.2) is 5.13 Å². The van der Waals surface area contributed by atoms with Crippen LogP contribution in [-0.2, 0) is 11.2 Å². The fourth-order valence-corrected chi connectivity index (χ4v) is 4.10. The molecule has 1 aromatic heterocycles. The number of benzene rings is 2. The van der Waals surface area contributed by atoms with Crippen LogP contribution in [0.4, 0.5) is 9.52 Å². The number of rotatable bonds is 9. The maximum Gasteiger partial charge on any atom is 0.233 e. The second-order valence-electron chi connectivity index (χ2n) is 7.19. The fraction of sp³-hybridized carbons (Fsp3) is 0.364. The molecule has 0 saturated carbocycles. The molecule has 2 aromatic carbocycles. The summed E-state index contributed by atoms with van der Waals surface area (Å²) in [6, 6.07) is 12.5. The van der Waals surface area contributed by atoms with Crippen LogP contribution in [0.15, 0.2) is 42.5 Å². The van der Waals surface area contributed by atoms with Crippen molar-refractivity contribution >= 4 is 32.6 Å². The van der Waals surface area contributed by atoms with E-state index in [2.05, 4.69) is 19.1 Å². The SMILES string of the molecule is CCOc1ccc(CC(=O)N(CCC[NH+](C)C)c2nc3c(F)cccc3s2)cc1. The lowest BCUT2D eigenvalue weighted by atomic mass is 10.1. The average molecular weight is 417 g/mol. The summed E-state index contributed by atoms with van der Waals surface area (Å²) in [4.78, 5) is 20.6. The number of ether oxygens (including phenoxy) is 1. The molecule has 0 aliphatic rings. The molecule has 29 heavy (non-hydrogen) atoms. The highest BCUT2D eigenvalue weighted by atomic mass is 32.1. The third kappa shape index (κ3) is 5.52. The predicted octanol–water partition coefficient (Wildman–Crippen LogP) is 2.94. The summed E-state index contributed by atoms with van der Waals surface area (Å²) in [7, 11) is 4.16. The van der Waals surface area contributed by atoms with Crippen molar-refractivity contribution in [1.82, 2.24) is 4.98 Å². The van der Waals surface area contributed by atoms with E-state index in [-0.39, 0.29) is 18.1 Å². The van der Waals surface area contributed by atoms with Gasteiger partial charge in [-0.25, -0.2) is 9.37 Å². The van der Waals surface area contributed by atoms with E-state index in [4.69, 9.17) is 4.74 Å². The van der Waals surface area contributed by atoms with Crippen molar-refractivity contribution in [1.29, 1.82) is 0 Å². The van der Waals surface area contributed by atoms with Gasteiger partial charge in [0, 0.05) is 13.0 Å². The van der Waals surface area contributed by atoms with Gasteiger partial charge in [0.1, 0.15) is 17.1 Å². The summed E-state index contributed by atoms with van der Waals surface area (Å²) >= 11 is 1.35. The number of carbonyl (C=O) groups is 1. The zero-order valence-electron chi connectivity index (χ0n) is 17.1. The number of aromatic nitrogens is 1. The molecule has 0 saturated heterocycles. The molecule has 0 atom stereocenters. The molecule has 0 aliphatic carbocycles. The quantitative estimate of drug-likeness (QED) is 0.583. The van der Waals surface area contributed by atoms with E-state index in [9.17, 15) is 9.18 Å². The van der Waals surface area contributed by atoms with Crippen molar-refractivity contribution in [2.45, 2.75) is 19.8 Å². The van der Waals surface area contributed by atoms with Gasteiger partial charge in [0.05, 0.1) is 38.4 Å². The maximum absolute atomic E-state index is 14.1. The molecule has 1 heterocycles. The number of nitrogens with one attached hydrogen (secondary N) is 1. The van der Waals surface area contributed by atoms with E-state index in [1.807, 2.05) is 37.3 Å². The number of thiazole rings is 1. The summed E-state index contributed by atoms with van der Waals surface area (Å²) in [6.45, 7) is 4.04. The first-order chi connectivity index (χ1) is 14.0. The van der Waals surface area contributed by atoms with Crippen molar-refractivity contribution in [3.8, 4) is 5.75 Å². The summed E-state index contributed by atoms with van der Waals surface area (Å²) in [6.07, 6.45) is 1.11. The van der Waals surface area contributed by atoms with Crippen molar-refractivity contribution in [2.24, 2.45) is 0 Å². The lowest BCUT2D eigenvalue weighted by molar-refractivity contribution is -0.858. The maximum atomic E-state index is 14.1. The van der Waals surface area contributed by atoms with Gasteiger partial charge in [-0.1, -0.05) is 29.5 Å². The van der Waals surface area contributed by atoms with Gasteiger partial charge < -0.3 is 9.64 Å². The first-order valence-corrected chi connectivity index (χ1v) is 10.7. The fourth-order valence-electron chi connectivity index (χ4n) is 3.08. The van der Waals surface area contributed by atoms with Crippen LogP contribution in [0.3, 0.4) is 0 Å². The van der Waals surface area contributed by atoms with Gasteiger partial charge in [-0.05, 0) is 36.8 Å². The molecule has 3 rings (SSSR count). The lowest BCUT2D eigenvalue weighted by Gasteiger charge is -2.20. The van der Waals surface area contributed by atoms with Crippen LogP contribution in [0.1, 0.15) is 18.9 Å². The van der Waals surface area contributed by atoms with Gasteiger partial charge in [-0.2, -0.15) is 0 Å². The molecule has 5 nitrogen and oxygen atoms in total. The standard InChI is InChI=1S/C22H26FN3O2S/c1-4-28-17-11-9-16(10-12-17)15-20(27)26(14-6-13-25(2)3)22-24-21-18(23)7-5-8-19(21)29-22/h5,7-12H,4,6,13-15H2,1-3H3/p+1. The smallest absolute Gasteiger partial charge is 0.233 e. The number of amides is 1. The summed E-state index contributed by atoms with van der Waals surface area (Å²) < 4.78 is 20.3. The largest absolute Gasteiger partial charge is 0.494 e. The van der Waals surface area contributed by atoms with Crippen LogP contribution in [-0.4, -0.2) is 44.7 Å². The number of anilines is 1. The Morgan fingerprint density at radius 1 is 1.21 bits per heavy atom. The number of carbonyl (C=O) groups excluding carboxylic acids is 1. The molecule has 0 aliphatic heterocycles. The first kappa shape index (κ1) is 21.2. The Kier molecular flexibility index (Phi) is 7.17. The number of hydrogen-bond donors (Lipinski definition) is 1. The Hall–Kier alpha value is -2.51. The topological polar surface area (TPSA) is 46.9 Å². The average Bonchev–Trinajstić information content (AvgIpc) is 3.12. The van der Waals surface area contributed by atoms with Crippen molar-refractivity contribution < 1.29 is 18.8 Å². The van der Waals surface area contributed by atoms with Crippen molar-refractivity contribution in [2.75, 3.05) is 38.7 Å². The van der Waals surface area contributed by atoms with Crippen LogP contribution in [0.25, 0.3) is 10.2 Å². The number of nitrogens with zero attached hydrogens (tertiary/aromatic N) is 2. The second-order valence-corrected chi connectivity index (χ2v) is 8.20. The minimum Gasteiger partial charge on any atom is -0.494 e. The van der Waals surface area contributed by atoms with Gasteiger partial charge in [-0.15, -0.1) is 0 Å². The third-order valence-corrected chi connectivity index (χ3v) is 5.58. The van der Waals surface area contributed by atoms with Crippen molar-refractivity contribution in [3.05, 3.63) is 53.8 Å². The van der Waals surface area contributed by atoms with E-state index in [1.54, 1.807) is 11.0 Å². The monoisotopic (exact) mass is 416 g/mol. The lowest BCUT2D eigenvalue weighted by Crippen LogP contribution is -3.05. The third-order valence-electron chi connectivity index (χ3n) is 4.54. The van der Waals surface area contributed by atoms with E-state index in [0.717, 1.165) is 29.0 Å². The normalized spacial score (nSPS) is 11.2. The molecule has 7 heteroatoms. The molecule has 0 bridgehead atoms. The molecule has 0 unspecified atom stereocenters. The molecular weight excluding hydrogens is 389 g/mol. The Morgan fingerprint density at radius 3 is 2.62 bits per heavy atom. The van der Waals surface area contributed by atoms with Gasteiger partial charge >= 0.3 is 0 Å². The highest BCUT2D eigenvalue weighted by molar-refractivity contribution is 7.22. The number of fused-ring (bicyclic) bond motifs is 1. The van der Waals surface area contributed by atoms with Gasteiger partial charge in [-0.3, -0.25) is 9.69 Å². The molecular formula is C22H27FN3O2S+. The van der Waals surface area contributed by atoms with E-state index in [1.165, 1.54) is 22.3 Å². The Balaban J connectivity index is 1.81. The van der Waals surface area contributed by atoms with E-state index in [0.29, 0.717) is 23.8 Å². The number of halogens is 1. The molecule has 0 spiro atoms. The highest BCUT2D eigenvalue weighted by Gasteiger charge is 2.21. The molecule has 3 aromatic rings. The van der Waals surface area contributed by atoms with Gasteiger partial charge in [0.25, 0.3) is 0 Å². The molecule has 1 amide bonds. The Morgan fingerprint density at radius 2 is 1.97 bits per heavy atom. The Labute approximate surface area is 174 Å². The summed E-state index contributed by atoms with van der Waals surface area (Å²) in [5, 5.41) is 0.551. The molecule has 0 fully saturated rings. The molecule has 1 N–H and O–H groups in total. The van der Waals surface area contributed by atoms with E-state index >= 15 is 0 Å². The zero-order chi connectivity index (χ0) is 20.8. The number of para-hydroxylation sites is 1. The van der Waals surface area contributed by atoms with Crippen molar-refractivity contribution in [3.63, 3.8) is 0 Å². The number of quaternary nitrogens is 1. The number of hydrogen-bond acceptors (Lipinski definition) is 4. The predicted molar refractivity (Wildman–Crippen MR) is 116 cm³/mol. The van der Waals surface area contributed by atoms with Crippen LogP contribution >= 0.6 is 11.3 Å². The van der Waals surface area contributed by atoms with Crippen LogP contribution in [0.2, 0.25) is 0 Å². The minimum absolute atomic E-state index is 0.0395. The summed E-state index contributed by atoms with van der Waals surface area (Å²) in [5.41, 5.74) is 1.23. The van der Waals surface area contributed by atoms with E-state index < -0.39 is 0 Å². The second kappa shape index (κ2) is 9.80. The zero-order valence-corrected chi connectivity index (χ0v) is 17.9. The minimum atomic E-state index is -0.360.